The van der Waals surface area contributed by atoms with Crippen molar-refractivity contribution in [3.05, 3.63) is 52.0 Å². The van der Waals surface area contributed by atoms with Gasteiger partial charge in [-0.1, -0.05) is 33.6 Å². The van der Waals surface area contributed by atoms with Gasteiger partial charge in [0.05, 0.1) is 19.1 Å². The second-order valence-electron chi connectivity index (χ2n) is 5.14. The lowest BCUT2D eigenvalue weighted by Crippen LogP contribution is -2.37. The first-order valence-corrected chi connectivity index (χ1v) is 10.1. The summed E-state index contributed by atoms with van der Waals surface area (Å²) in [5.41, 5.74) is 0.743. The third-order valence-corrected chi connectivity index (χ3v) is 5.06. The third kappa shape index (κ3) is 5.35. The first-order chi connectivity index (χ1) is 11.7. The molecule has 0 atom stereocenters. The second-order valence-corrected chi connectivity index (χ2v) is 8.40. The molecular formula is C16H16BrClN2O4S. The maximum atomic E-state index is 12.3. The number of halogens is 2. The van der Waals surface area contributed by atoms with Crippen LogP contribution in [-0.4, -0.2) is 34.2 Å². The van der Waals surface area contributed by atoms with Gasteiger partial charge < -0.3 is 10.1 Å². The molecule has 0 heterocycles. The molecule has 25 heavy (non-hydrogen) atoms. The van der Waals surface area contributed by atoms with Crippen LogP contribution in [0, 0.1) is 0 Å². The highest BCUT2D eigenvalue weighted by Gasteiger charge is 2.24. The Morgan fingerprint density at radius 3 is 2.60 bits per heavy atom. The van der Waals surface area contributed by atoms with Crippen molar-refractivity contribution >= 4 is 54.8 Å². The average molecular weight is 448 g/mol. The topological polar surface area (TPSA) is 75.7 Å². The Bertz CT molecular complexity index is 889. The molecular weight excluding hydrogens is 432 g/mol. The van der Waals surface area contributed by atoms with Crippen LogP contribution < -0.4 is 14.4 Å². The summed E-state index contributed by atoms with van der Waals surface area (Å²) in [4.78, 5) is 12.3. The highest BCUT2D eigenvalue weighted by molar-refractivity contribution is 9.10. The van der Waals surface area contributed by atoms with Crippen molar-refractivity contribution in [2.75, 3.05) is 29.5 Å². The van der Waals surface area contributed by atoms with Gasteiger partial charge in [-0.3, -0.25) is 9.10 Å². The number of hydrogen-bond acceptors (Lipinski definition) is 4. The Kier molecular flexibility index (Phi) is 6.31. The zero-order valence-electron chi connectivity index (χ0n) is 13.5. The van der Waals surface area contributed by atoms with Crippen LogP contribution >= 0.6 is 27.5 Å². The fourth-order valence-electron chi connectivity index (χ4n) is 2.14. The second kappa shape index (κ2) is 8.07. The summed E-state index contributed by atoms with van der Waals surface area (Å²) in [6.45, 7) is -0.415. The largest absolute Gasteiger partial charge is 0.495 e. The van der Waals surface area contributed by atoms with Gasteiger partial charge in [0, 0.05) is 15.2 Å². The van der Waals surface area contributed by atoms with E-state index in [9.17, 15) is 13.2 Å². The lowest BCUT2D eigenvalue weighted by atomic mass is 10.3. The Morgan fingerprint density at radius 2 is 2.00 bits per heavy atom. The molecule has 0 unspecified atom stereocenters. The standard InChI is InChI=1S/C16H16BrClN2O4S/c1-24-15-7-6-12(18)9-14(15)20(25(2,22)23)10-16(21)19-13-5-3-4-11(17)8-13/h3-9H,10H2,1-2H3,(H,19,21). The van der Waals surface area contributed by atoms with Crippen molar-refractivity contribution in [3.8, 4) is 5.75 Å². The van der Waals surface area contributed by atoms with Crippen molar-refractivity contribution < 1.29 is 17.9 Å². The summed E-state index contributed by atoms with van der Waals surface area (Å²) in [6.07, 6.45) is 1.01. The van der Waals surface area contributed by atoms with Crippen LogP contribution in [0.3, 0.4) is 0 Å². The van der Waals surface area contributed by atoms with Crippen LogP contribution in [0.2, 0.25) is 5.02 Å². The monoisotopic (exact) mass is 446 g/mol. The molecule has 0 saturated carbocycles. The number of sulfonamides is 1. The molecule has 2 aromatic rings. The van der Waals surface area contributed by atoms with Gasteiger partial charge in [-0.15, -0.1) is 0 Å². The summed E-state index contributed by atoms with van der Waals surface area (Å²) in [5, 5.41) is 2.99. The smallest absolute Gasteiger partial charge is 0.245 e. The molecule has 0 fully saturated rings. The Labute approximate surface area is 159 Å². The number of ether oxygens (including phenoxy) is 1. The number of amides is 1. The number of hydrogen-bond donors (Lipinski definition) is 1. The molecule has 134 valence electrons. The van der Waals surface area contributed by atoms with Crippen molar-refractivity contribution in [2.45, 2.75) is 0 Å². The lowest BCUT2D eigenvalue weighted by molar-refractivity contribution is -0.114. The lowest BCUT2D eigenvalue weighted by Gasteiger charge is -2.24. The van der Waals surface area contributed by atoms with Gasteiger partial charge in [0.2, 0.25) is 15.9 Å². The molecule has 2 rings (SSSR count). The Balaban J connectivity index is 2.30. The molecule has 0 radical (unpaired) electrons. The van der Waals surface area contributed by atoms with E-state index in [0.29, 0.717) is 16.5 Å². The number of benzene rings is 2. The molecule has 6 nitrogen and oxygen atoms in total. The van der Waals surface area contributed by atoms with Crippen molar-refractivity contribution in [3.63, 3.8) is 0 Å². The highest BCUT2D eigenvalue weighted by Crippen LogP contribution is 2.32. The number of carbonyl (C=O) groups excluding carboxylic acids is 1. The molecule has 0 aliphatic heterocycles. The van der Waals surface area contributed by atoms with Crippen LogP contribution in [0.25, 0.3) is 0 Å². The predicted molar refractivity (Wildman–Crippen MR) is 103 cm³/mol. The Morgan fingerprint density at radius 1 is 1.28 bits per heavy atom. The van der Waals surface area contributed by atoms with Gasteiger partial charge >= 0.3 is 0 Å². The minimum absolute atomic E-state index is 0.196. The molecule has 0 aromatic heterocycles. The molecule has 2 aromatic carbocycles. The normalized spacial score (nSPS) is 11.0. The van der Waals surface area contributed by atoms with E-state index in [0.717, 1.165) is 15.0 Å². The van der Waals surface area contributed by atoms with E-state index < -0.39 is 22.5 Å². The molecule has 1 amide bonds. The number of nitrogens with one attached hydrogen (secondary N) is 1. The summed E-state index contributed by atoms with van der Waals surface area (Å²) >= 11 is 9.28. The summed E-state index contributed by atoms with van der Waals surface area (Å²) < 4.78 is 31.3. The summed E-state index contributed by atoms with van der Waals surface area (Å²) in [5.74, 6) is -0.198. The maximum absolute atomic E-state index is 12.3. The molecule has 9 heteroatoms. The summed E-state index contributed by atoms with van der Waals surface area (Å²) in [6, 6.07) is 11.5. The minimum Gasteiger partial charge on any atom is -0.495 e. The van der Waals surface area contributed by atoms with Crippen LogP contribution in [-0.2, 0) is 14.8 Å². The van der Waals surface area contributed by atoms with E-state index >= 15 is 0 Å². The number of anilines is 2. The molecule has 0 bridgehead atoms. The zero-order valence-corrected chi connectivity index (χ0v) is 16.7. The van der Waals surface area contributed by atoms with Gasteiger partial charge in [-0.25, -0.2) is 8.42 Å². The fourth-order valence-corrected chi connectivity index (χ4v) is 3.55. The van der Waals surface area contributed by atoms with E-state index in [2.05, 4.69) is 21.2 Å². The van der Waals surface area contributed by atoms with Crippen LogP contribution in [0.4, 0.5) is 11.4 Å². The van der Waals surface area contributed by atoms with E-state index in [1.54, 1.807) is 30.3 Å². The minimum atomic E-state index is -3.74. The molecule has 1 N–H and O–H groups in total. The van der Waals surface area contributed by atoms with Gasteiger partial charge in [-0.05, 0) is 36.4 Å². The number of carbonyl (C=O) groups is 1. The van der Waals surface area contributed by atoms with Crippen LogP contribution in [0.1, 0.15) is 0 Å². The summed E-state index contributed by atoms with van der Waals surface area (Å²) in [7, 11) is -2.33. The number of nitrogens with zero attached hydrogens (tertiary/aromatic N) is 1. The van der Waals surface area contributed by atoms with Gasteiger partial charge in [-0.2, -0.15) is 0 Å². The van der Waals surface area contributed by atoms with Gasteiger partial charge in [0.1, 0.15) is 12.3 Å². The van der Waals surface area contributed by atoms with Crippen LogP contribution in [0.15, 0.2) is 46.9 Å². The molecule has 0 saturated heterocycles. The average Bonchev–Trinajstić information content (AvgIpc) is 2.51. The molecule has 0 aliphatic carbocycles. The van der Waals surface area contributed by atoms with E-state index in [-0.39, 0.29) is 5.69 Å². The van der Waals surface area contributed by atoms with E-state index in [1.807, 2.05) is 6.07 Å². The number of rotatable bonds is 6. The first kappa shape index (κ1) is 19.6. The van der Waals surface area contributed by atoms with Gasteiger partial charge in [0.15, 0.2) is 0 Å². The first-order valence-electron chi connectivity index (χ1n) is 7.07. The zero-order chi connectivity index (χ0) is 18.6. The van der Waals surface area contributed by atoms with E-state index in [1.165, 1.54) is 13.2 Å². The quantitative estimate of drug-likeness (QED) is 0.735. The highest BCUT2D eigenvalue weighted by atomic mass is 79.9. The van der Waals surface area contributed by atoms with Crippen molar-refractivity contribution in [2.24, 2.45) is 0 Å². The molecule has 0 aliphatic rings. The number of methoxy groups -OCH3 is 1. The fraction of sp³-hybridized carbons (Fsp3) is 0.188. The molecule has 0 spiro atoms. The van der Waals surface area contributed by atoms with Crippen LogP contribution in [0.5, 0.6) is 5.75 Å². The van der Waals surface area contributed by atoms with Gasteiger partial charge in [0.25, 0.3) is 0 Å². The SMILES string of the molecule is COc1ccc(Cl)cc1N(CC(=O)Nc1cccc(Br)c1)S(C)(=O)=O. The van der Waals surface area contributed by atoms with E-state index in [4.69, 9.17) is 16.3 Å². The predicted octanol–water partition coefficient (Wildman–Crippen LogP) is 3.52. The maximum Gasteiger partial charge on any atom is 0.245 e. The van der Waals surface area contributed by atoms with Crippen molar-refractivity contribution in [1.82, 2.24) is 0 Å². The van der Waals surface area contributed by atoms with Crippen molar-refractivity contribution in [1.29, 1.82) is 0 Å². The Hall–Kier alpha value is -1.77. The third-order valence-electron chi connectivity index (χ3n) is 3.21.